The van der Waals surface area contributed by atoms with Crippen LogP contribution in [0.3, 0.4) is 0 Å². The van der Waals surface area contributed by atoms with Crippen LogP contribution in [0.1, 0.15) is 48.8 Å². The lowest BCUT2D eigenvalue weighted by Crippen LogP contribution is -2.45. The third kappa shape index (κ3) is 8.82. The SMILES string of the molecule is CC(C)C(=O)Nc1nc2c(ncn2[C@@H]2O[C@H](CO)[C@@H](OP(=S)(OCCC#N)OC[C@]34CO[C@@H]([C@H](n5cnc6c(CC(=O)c7ccccc7)ncnc65)O3)[C@@H]4O[P+](=O)O)[C@H]2F)c(=O)[nH]1. The van der Waals surface area contributed by atoms with Crippen molar-refractivity contribution in [1.82, 2.24) is 39.0 Å². The molecule has 0 spiro atoms. The normalized spacial score (nSPS) is 26.6. The molecule has 2 unspecified atom stereocenters. The summed E-state index contributed by atoms with van der Waals surface area (Å²) in [5, 5.41) is 22.1. The standard InChI is InChI=1S/C36H37FN10O13P2S/c1-18(2)31(50)44-35-43-30-25(32(51)45-35)42-17-47(30)33-23(37)26(22(12-48)57-33)60-62(63,55-10-6-9-38)56-14-36-13-54-27(28(36)59-61(52)53)34(58-36)46-16-41-24-20(39-15-40-29(24)46)11-21(49)19-7-4-3-5-8-19/h3-5,7-8,15-18,22-23,26-28,33-34,48H,6,10-14H2,1-2H3,(H2-,43,44,45,50,51,52,53)/p+1/t22-,23-,26-,27-,28+,33-,34-,36+,62?/m1/s1. The lowest BCUT2D eigenvalue weighted by atomic mass is 10.0. The molecule has 1 aromatic carbocycles. The molecule has 0 radical (unpaired) electrons. The number of carbonyl (C=O) groups excluding carboxylic acids is 2. The van der Waals surface area contributed by atoms with E-state index in [-0.39, 0.29) is 54.6 Å². The molecule has 3 aliphatic heterocycles. The molecule has 4 N–H and O–H groups in total. The van der Waals surface area contributed by atoms with Gasteiger partial charge in [-0.1, -0.05) is 44.2 Å². The van der Waals surface area contributed by atoms with E-state index in [1.165, 1.54) is 17.2 Å². The maximum atomic E-state index is 16.7. The van der Waals surface area contributed by atoms with Crippen molar-refractivity contribution in [1.29, 1.82) is 5.26 Å². The number of carbonyl (C=O) groups is 2. The number of rotatable bonds is 18. The number of H-pyrrole nitrogens is 1. The first-order valence-electron chi connectivity index (χ1n) is 19.2. The summed E-state index contributed by atoms with van der Waals surface area (Å²) in [5.41, 5.74) is -1.41. The first-order chi connectivity index (χ1) is 30.2. The number of aliphatic hydroxyl groups is 1. The maximum absolute atomic E-state index is 16.7. The number of halogens is 1. The molecule has 2 bridgehead atoms. The van der Waals surface area contributed by atoms with Crippen LogP contribution in [0.25, 0.3) is 22.3 Å². The van der Waals surface area contributed by atoms with Crippen LogP contribution >= 0.6 is 15.0 Å². The largest absolute Gasteiger partial charge is 0.695 e. The summed E-state index contributed by atoms with van der Waals surface area (Å²) in [6.45, 7) is -2.88. The molecule has 1 amide bonds. The maximum Gasteiger partial charge on any atom is 0.695 e. The molecule has 23 nitrogen and oxygen atoms in total. The van der Waals surface area contributed by atoms with E-state index in [0.29, 0.717) is 16.8 Å². The van der Waals surface area contributed by atoms with Crippen molar-refractivity contribution in [2.24, 2.45) is 5.92 Å². The molecule has 3 saturated heterocycles. The number of aromatic amines is 1. The summed E-state index contributed by atoms with van der Waals surface area (Å²) in [6, 6.07) is 10.6. The highest BCUT2D eigenvalue weighted by molar-refractivity contribution is 8.07. The number of fused-ring (bicyclic) bond motifs is 4. The number of ketones is 1. The number of hydrogen-bond donors (Lipinski definition) is 4. The zero-order valence-corrected chi connectivity index (χ0v) is 35.7. The average molecular weight is 932 g/mol. The van der Waals surface area contributed by atoms with Gasteiger partial charge in [-0.25, -0.2) is 24.3 Å². The Morgan fingerprint density at radius 2 is 1.89 bits per heavy atom. The van der Waals surface area contributed by atoms with E-state index in [9.17, 15) is 34.2 Å². The van der Waals surface area contributed by atoms with Crippen LogP contribution in [0.2, 0.25) is 0 Å². The van der Waals surface area contributed by atoms with Gasteiger partial charge in [-0.3, -0.25) is 38.3 Å². The third-order valence-corrected chi connectivity index (χ3v) is 13.2. The molecule has 7 heterocycles. The molecule has 332 valence electrons. The number of aliphatic hydroxyl groups excluding tert-OH is 1. The molecule has 4 aromatic heterocycles. The van der Waals surface area contributed by atoms with Gasteiger partial charge in [-0.2, -0.15) is 10.2 Å². The fourth-order valence-corrected chi connectivity index (χ4v) is 9.95. The van der Waals surface area contributed by atoms with E-state index in [1.54, 1.807) is 44.2 Å². The van der Waals surface area contributed by atoms with E-state index < -0.39 is 94.2 Å². The van der Waals surface area contributed by atoms with Crippen molar-refractivity contribution < 1.29 is 60.9 Å². The van der Waals surface area contributed by atoms with Gasteiger partial charge in [0.05, 0.1) is 63.7 Å². The van der Waals surface area contributed by atoms with Gasteiger partial charge in [-0.05, 0) is 11.8 Å². The van der Waals surface area contributed by atoms with Crippen molar-refractivity contribution in [3.8, 4) is 6.07 Å². The molecule has 10 atom stereocenters. The molecular formula is C36H38FN10O13P2S+. The molecule has 63 heavy (non-hydrogen) atoms. The highest BCUT2D eigenvalue weighted by atomic mass is 32.5. The number of imidazole rings is 2. The van der Waals surface area contributed by atoms with Crippen molar-refractivity contribution in [3.05, 3.63) is 70.9 Å². The van der Waals surface area contributed by atoms with Crippen LogP contribution in [-0.2, 0) is 59.9 Å². The molecule has 8 rings (SSSR count). The van der Waals surface area contributed by atoms with E-state index >= 15 is 4.39 Å². The Kier molecular flexibility index (Phi) is 13.0. The van der Waals surface area contributed by atoms with Crippen molar-refractivity contribution in [3.63, 3.8) is 0 Å². The van der Waals surface area contributed by atoms with Gasteiger partial charge in [0.1, 0.15) is 30.2 Å². The number of anilines is 1. The minimum atomic E-state index is -4.18. The Bertz CT molecular complexity index is 2700. The predicted octanol–water partition coefficient (Wildman–Crippen LogP) is 2.47. The summed E-state index contributed by atoms with van der Waals surface area (Å²) >= 11 is 5.76. The number of ether oxygens (including phenoxy) is 3. The highest BCUT2D eigenvalue weighted by Crippen LogP contribution is 2.57. The Balaban J connectivity index is 1.04. The van der Waals surface area contributed by atoms with Gasteiger partial charge in [0, 0.05) is 16.0 Å². The fourth-order valence-electron chi connectivity index (χ4n) is 7.33. The zero-order chi connectivity index (χ0) is 44.6. The fraction of sp³-hybridized carbons (Fsp3) is 0.472. The molecule has 3 fully saturated rings. The predicted molar refractivity (Wildman–Crippen MR) is 216 cm³/mol. The first-order valence-corrected chi connectivity index (χ1v) is 22.9. The molecule has 5 aromatic rings. The third-order valence-electron chi connectivity index (χ3n) is 10.4. The number of nitrogens with zero attached hydrogens (tertiary/aromatic N) is 8. The van der Waals surface area contributed by atoms with E-state index in [4.69, 9.17) is 44.1 Å². The van der Waals surface area contributed by atoms with Crippen molar-refractivity contribution in [2.45, 2.75) is 75.3 Å². The van der Waals surface area contributed by atoms with Crippen molar-refractivity contribution in [2.75, 3.05) is 31.7 Å². The minimum Gasteiger partial charge on any atom is -0.394 e. The number of aromatic nitrogens is 8. The van der Waals surface area contributed by atoms with Gasteiger partial charge >= 0.3 is 15.0 Å². The summed E-state index contributed by atoms with van der Waals surface area (Å²) in [6.07, 6.45) is -6.80. The summed E-state index contributed by atoms with van der Waals surface area (Å²) in [5.74, 6) is -1.34. The molecule has 27 heteroatoms. The second-order valence-electron chi connectivity index (χ2n) is 14.8. The smallest absolute Gasteiger partial charge is 0.394 e. The Hall–Kier alpha value is -4.93. The summed E-state index contributed by atoms with van der Waals surface area (Å²) < 4.78 is 73.4. The van der Waals surface area contributed by atoms with Crippen LogP contribution in [-0.4, -0.2) is 123 Å². The molecule has 0 aliphatic carbocycles. The number of nitrogens with one attached hydrogen (secondary N) is 2. The Morgan fingerprint density at radius 3 is 2.60 bits per heavy atom. The van der Waals surface area contributed by atoms with Crippen LogP contribution in [0.4, 0.5) is 10.3 Å². The lowest BCUT2D eigenvalue weighted by molar-refractivity contribution is -0.183. The lowest BCUT2D eigenvalue weighted by Gasteiger charge is -2.33. The quantitative estimate of drug-likeness (QED) is 0.0557. The first kappa shape index (κ1) is 44.7. The summed E-state index contributed by atoms with van der Waals surface area (Å²) in [4.78, 5) is 72.0. The van der Waals surface area contributed by atoms with Gasteiger partial charge in [0.25, 0.3) is 5.56 Å². The monoisotopic (exact) mass is 931 g/mol. The van der Waals surface area contributed by atoms with Crippen LogP contribution in [0, 0.1) is 17.2 Å². The van der Waals surface area contributed by atoms with Crippen LogP contribution in [0.5, 0.6) is 0 Å². The van der Waals surface area contributed by atoms with Crippen LogP contribution < -0.4 is 10.9 Å². The Morgan fingerprint density at radius 1 is 1.14 bits per heavy atom. The van der Waals surface area contributed by atoms with E-state index in [2.05, 4.69) is 35.2 Å². The van der Waals surface area contributed by atoms with Crippen LogP contribution in [0.15, 0.2) is 54.1 Å². The number of Topliss-reactive ketones (excluding diaryl/α,β-unsaturated/α-hetero) is 1. The molecular weight excluding hydrogens is 893 g/mol. The number of alkyl halides is 1. The number of benzene rings is 1. The summed E-state index contributed by atoms with van der Waals surface area (Å²) in [7, 11) is -3.25. The van der Waals surface area contributed by atoms with E-state index in [0.717, 1.165) is 10.9 Å². The van der Waals surface area contributed by atoms with Gasteiger partial charge < -0.3 is 28.4 Å². The second kappa shape index (κ2) is 18.3. The molecule has 3 aliphatic rings. The highest BCUT2D eigenvalue weighted by Gasteiger charge is 2.67. The minimum absolute atomic E-state index is 0.0886. The van der Waals surface area contributed by atoms with E-state index in [1.807, 2.05) is 6.07 Å². The second-order valence-corrected chi connectivity index (χ2v) is 18.5. The van der Waals surface area contributed by atoms with Gasteiger partial charge in [0.15, 0.2) is 52.9 Å². The zero-order valence-electron chi connectivity index (χ0n) is 33.1. The average Bonchev–Trinajstić information content (AvgIpc) is 4.08. The number of hydrogen-bond acceptors (Lipinski definition) is 19. The Labute approximate surface area is 361 Å². The van der Waals surface area contributed by atoms with Crippen molar-refractivity contribution >= 4 is 66.7 Å². The van der Waals surface area contributed by atoms with Gasteiger partial charge in [0.2, 0.25) is 11.9 Å². The number of nitriles is 1. The topological polar surface area (TPSA) is 299 Å². The number of amides is 1. The van der Waals surface area contributed by atoms with Gasteiger partial charge in [-0.15, -0.1) is 9.42 Å². The molecule has 0 saturated carbocycles.